The molecule has 1 fully saturated rings. The molecule has 98 valence electrons. The second kappa shape index (κ2) is 5.16. The summed E-state index contributed by atoms with van der Waals surface area (Å²) in [4.78, 5) is 0. The number of benzene rings is 1. The molecule has 1 saturated carbocycles. The van der Waals surface area contributed by atoms with Crippen molar-refractivity contribution in [3.05, 3.63) is 24.3 Å². The Bertz CT molecular complexity index is 411. The maximum absolute atomic E-state index is 5.90. The number of nitrogens with two attached hydrogens (primary N) is 1. The highest BCUT2D eigenvalue weighted by Gasteiger charge is 2.24. The van der Waals surface area contributed by atoms with Gasteiger partial charge in [0.15, 0.2) is 11.5 Å². The van der Waals surface area contributed by atoms with Gasteiger partial charge < -0.3 is 20.5 Å². The largest absolute Gasteiger partial charge is 0.486 e. The van der Waals surface area contributed by atoms with E-state index in [9.17, 15) is 0 Å². The Morgan fingerprint density at radius 3 is 2.83 bits per heavy atom. The van der Waals surface area contributed by atoms with Crippen LogP contribution in [0.5, 0.6) is 11.5 Å². The monoisotopic (exact) mass is 248 g/mol. The van der Waals surface area contributed by atoms with E-state index in [-0.39, 0.29) is 6.10 Å². The van der Waals surface area contributed by atoms with Crippen LogP contribution < -0.4 is 20.5 Å². The molecule has 0 saturated heterocycles. The standard InChI is InChI=1S/C14H20N2O2/c15-10-5-6-11(7-10)16-8-12-9-17-13-3-1-2-4-14(13)18-12/h1-4,10-12,16H,5-9,15H2. The lowest BCUT2D eigenvalue weighted by atomic mass is 10.2. The molecule has 18 heavy (non-hydrogen) atoms. The van der Waals surface area contributed by atoms with Gasteiger partial charge in [0.25, 0.3) is 0 Å². The van der Waals surface area contributed by atoms with Crippen LogP contribution in [0.4, 0.5) is 0 Å². The van der Waals surface area contributed by atoms with E-state index in [0.29, 0.717) is 18.7 Å². The predicted octanol–water partition coefficient (Wildman–Crippen LogP) is 1.30. The summed E-state index contributed by atoms with van der Waals surface area (Å²) in [5.74, 6) is 1.69. The van der Waals surface area contributed by atoms with Crippen molar-refractivity contribution < 1.29 is 9.47 Å². The molecule has 4 nitrogen and oxygen atoms in total. The molecule has 1 aromatic rings. The fourth-order valence-corrected chi connectivity index (χ4v) is 2.66. The lowest BCUT2D eigenvalue weighted by Gasteiger charge is -2.27. The van der Waals surface area contributed by atoms with Gasteiger partial charge in [0.05, 0.1) is 0 Å². The molecule has 3 rings (SSSR count). The second-order valence-electron chi connectivity index (χ2n) is 5.18. The molecule has 0 spiro atoms. The van der Waals surface area contributed by atoms with Crippen LogP contribution >= 0.6 is 0 Å². The first-order chi connectivity index (χ1) is 8.81. The van der Waals surface area contributed by atoms with Crippen LogP contribution in [0.15, 0.2) is 24.3 Å². The van der Waals surface area contributed by atoms with Crippen molar-refractivity contribution in [2.45, 2.75) is 37.5 Å². The number of fused-ring (bicyclic) bond motifs is 1. The highest BCUT2D eigenvalue weighted by molar-refractivity contribution is 5.40. The molecule has 4 heteroatoms. The first-order valence-electron chi connectivity index (χ1n) is 6.69. The van der Waals surface area contributed by atoms with E-state index in [1.807, 2.05) is 24.3 Å². The molecule has 3 atom stereocenters. The van der Waals surface area contributed by atoms with Crippen LogP contribution in [0.1, 0.15) is 19.3 Å². The van der Waals surface area contributed by atoms with E-state index < -0.39 is 0 Å². The van der Waals surface area contributed by atoms with Crippen LogP contribution in [0.3, 0.4) is 0 Å². The van der Waals surface area contributed by atoms with Gasteiger partial charge in [-0.05, 0) is 31.4 Å². The summed E-state index contributed by atoms with van der Waals surface area (Å²) in [7, 11) is 0. The third kappa shape index (κ3) is 2.60. The minimum absolute atomic E-state index is 0.0942. The Hall–Kier alpha value is -1.26. The molecule has 0 aromatic heterocycles. The molecule has 0 radical (unpaired) electrons. The Morgan fingerprint density at radius 2 is 2.06 bits per heavy atom. The van der Waals surface area contributed by atoms with Crippen LogP contribution in [-0.4, -0.2) is 31.3 Å². The van der Waals surface area contributed by atoms with E-state index in [1.54, 1.807) is 0 Å². The lowest BCUT2D eigenvalue weighted by molar-refractivity contribution is 0.0882. The van der Waals surface area contributed by atoms with Gasteiger partial charge in [-0.25, -0.2) is 0 Å². The van der Waals surface area contributed by atoms with E-state index in [4.69, 9.17) is 15.2 Å². The summed E-state index contributed by atoms with van der Waals surface area (Å²) < 4.78 is 11.6. The molecule has 3 unspecified atom stereocenters. The molecule has 1 aromatic carbocycles. The second-order valence-corrected chi connectivity index (χ2v) is 5.18. The summed E-state index contributed by atoms with van der Waals surface area (Å²) in [6.07, 6.45) is 3.47. The minimum atomic E-state index is 0.0942. The molecular formula is C14H20N2O2. The average Bonchev–Trinajstić information content (AvgIpc) is 2.82. The van der Waals surface area contributed by atoms with E-state index in [2.05, 4.69) is 5.32 Å². The number of para-hydroxylation sites is 2. The number of hydrogen-bond acceptors (Lipinski definition) is 4. The highest BCUT2D eigenvalue weighted by Crippen LogP contribution is 2.30. The molecule has 0 amide bonds. The zero-order valence-corrected chi connectivity index (χ0v) is 10.5. The Kier molecular flexibility index (Phi) is 3.39. The van der Waals surface area contributed by atoms with Crippen molar-refractivity contribution in [3.8, 4) is 11.5 Å². The van der Waals surface area contributed by atoms with Gasteiger partial charge in [0.2, 0.25) is 0 Å². The van der Waals surface area contributed by atoms with Crippen LogP contribution in [0.2, 0.25) is 0 Å². The quantitative estimate of drug-likeness (QED) is 0.846. The third-order valence-electron chi connectivity index (χ3n) is 3.67. The van der Waals surface area contributed by atoms with Crippen molar-refractivity contribution in [1.29, 1.82) is 0 Å². The molecule has 3 N–H and O–H groups in total. The number of hydrogen-bond donors (Lipinski definition) is 2. The smallest absolute Gasteiger partial charge is 0.161 e. The first-order valence-corrected chi connectivity index (χ1v) is 6.69. The molecule has 1 aliphatic carbocycles. The minimum Gasteiger partial charge on any atom is -0.486 e. The van der Waals surface area contributed by atoms with Crippen molar-refractivity contribution in [1.82, 2.24) is 5.32 Å². The van der Waals surface area contributed by atoms with Gasteiger partial charge in [-0.1, -0.05) is 12.1 Å². The summed E-state index contributed by atoms with van der Waals surface area (Å²) >= 11 is 0. The lowest BCUT2D eigenvalue weighted by Crippen LogP contribution is -2.42. The summed E-state index contributed by atoms with van der Waals surface area (Å²) in [5.41, 5.74) is 5.90. The zero-order chi connectivity index (χ0) is 12.4. The fourth-order valence-electron chi connectivity index (χ4n) is 2.66. The highest BCUT2D eigenvalue weighted by atomic mass is 16.6. The third-order valence-corrected chi connectivity index (χ3v) is 3.67. The predicted molar refractivity (Wildman–Crippen MR) is 70.0 cm³/mol. The normalized spacial score (nSPS) is 30.4. The maximum Gasteiger partial charge on any atom is 0.161 e. The van der Waals surface area contributed by atoms with E-state index in [0.717, 1.165) is 30.9 Å². The SMILES string of the molecule is NC1CCC(NCC2COc3ccccc3O2)C1. The molecule has 0 bridgehead atoms. The summed E-state index contributed by atoms with van der Waals surface area (Å²) in [6.45, 7) is 1.44. The van der Waals surface area contributed by atoms with Gasteiger partial charge >= 0.3 is 0 Å². The van der Waals surface area contributed by atoms with E-state index >= 15 is 0 Å². The van der Waals surface area contributed by atoms with Crippen LogP contribution in [0.25, 0.3) is 0 Å². The Morgan fingerprint density at radius 1 is 1.22 bits per heavy atom. The van der Waals surface area contributed by atoms with Gasteiger partial charge in [0.1, 0.15) is 12.7 Å². The van der Waals surface area contributed by atoms with Gasteiger partial charge in [-0.2, -0.15) is 0 Å². The Labute approximate surface area is 107 Å². The zero-order valence-electron chi connectivity index (χ0n) is 10.5. The molecule has 1 heterocycles. The summed E-state index contributed by atoms with van der Waals surface area (Å²) in [6, 6.07) is 8.73. The van der Waals surface area contributed by atoms with Gasteiger partial charge in [0, 0.05) is 18.6 Å². The van der Waals surface area contributed by atoms with Crippen molar-refractivity contribution in [2.75, 3.05) is 13.2 Å². The summed E-state index contributed by atoms with van der Waals surface area (Å²) in [5, 5.41) is 3.53. The van der Waals surface area contributed by atoms with Crippen LogP contribution in [-0.2, 0) is 0 Å². The molecule has 1 aliphatic heterocycles. The van der Waals surface area contributed by atoms with Gasteiger partial charge in [-0.3, -0.25) is 0 Å². The fraction of sp³-hybridized carbons (Fsp3) is 0.571. The Balaban J connectivity index is 1.51. The molecule has 2 aliphatic rings. The number of ether oxygens (including phenoxy) is 2. The topological polar surface area (TPSA) is 56.5 Å². The first kappa shape index (κ1) is 11.8. The number of rotatable bonds is 3. The maximum atomic E-state index is 5.90. The van der Waals surface area contributed by atoms with Gasteiger partial charge in [-0.15, -0.1) is 0 Å². The van der Waals surface area contributed by atoms with Crippen molar-refractivity contribution in [3.63, 3.8) is 0 Å². The van der Waals surface area contributed by atoms with Crippen molar-refractivity contribution in [2.24, 2.45) is 5.73 Å². The average molecular weight is 248 g/mol. The van der Waals surface area contributed by atoms with Crippen molar-refractivity contribution >= 4 is 0 Å². The van der Waals surface area contributed by atoms with E-state index in [1.165, 1.54) is 6.42 Å². The molecular weight excluding hydrogens is 228 g/mol. The van der Waals surface area contributed by atoms with Crippen LogP contribution in [0, 0.1) is 0 Å². The number of nitrogens with one attached hydrogen (secondary N) is 1.